The van der Waals surface area contributed by atoms with Gasteiger partial charge in [0.2, 0.25) is 0 Å². The lowest BCUT2D eigenvalue weighted by Gasteiger charge is -2.20. The molecule has 0 fully saturated rings. The summed E-state index contributed by atoms with van der Waals surface area (Å²) in [6, 6.07) is 13.3. The quantitative estimate of drug-likeness (QED) is 0.410. The summed E-state index contributed by atoms with van der Waals surface area (Å²) in [5.41, 5.74) is 3.52. The average molecular weight is 433 g/mol. The first-order chi connectivity index (χ1) is 13.3. The van der Waals surface area contributed by atoms with Crippen LogP contribution in [0, 0.1) is 0 Å². The molecule has 122 valence electrons. The van der Waals surface area contributed by atoms with Crippen LogP contribution in [0.1, 0.15) is 0 Å². The SMILES string of the molecule is [B]c1c([B])c([B])c(-c2nn(-c3cccc(Br)c3Cl)c3ccccc23)c([B])c1[B]. The molecule has 0 atom stereocenters. The molecule has 4 aromatic rings. The molecule has 28 heavy (non-hydrogen) atoms. The highest BCUT2D eigenvalue weighted by Gasteiger charge is 2.20. The normalized spacial score (nSPS) is 11.2. The molecule has 0 saturated carbocycles. The van der Waals surface area contributed by atoms with E-state index in [4.69, 9.17) is 55.9 Å². The molecule has 9 heteroatoms. The maximum absolute atomic E-state index is 6.50. The monoisotopic (exact) mass is 432 g/mol. The van der Waals surface area contributed by atoms with E-state index in [1.807, 2.05) is 42.5 Å². The standard InChI is InChI=1S/C19H7B5BrClN2/c20-13-12(14(21)16(23)17(24)15(13)22)19-8-4-1-2-6-10(8)28(27-19)11-7-3-5-9(25)18(11)26/h1-7H. The van der Waals surface area contributed by atoms with Crippen molar-refractivity contribution in [2.24, 2.45) is 0 Å². The summed E-state index contributed by atoms with van der Waals surface area (Å²) in [6.45, 7) is 0. The lowest BCUT2D eigenvalue weighted by Crippen LogP contribution is -2.55. The minimum Gasteiger partial charge on any atom is -0.231 e. The maximum atomic E-state index is 6.50. The van der Waals surface area contributed by atoms with Crippen LogP contribution in [0.25, 0.3) is 27.8 Å². The zero-order valence-corrected chi connectivity index (χ0v) is 16.9. The number of hydrogen-bond acceptors (Lipinski definition) is 1. The van der Waals surface area contributed by atoms with Gasteiger partial charge in [-0.3, -0.25) is 0 Å². The summed E-state index contributed by atoms with van der Waals surface area (Å²) in [4.78, 5) is 0. The van der Waals surface area contributed by atoms with Crippen molar-refractivity contribution in [3.63, 3.8) is 0 Å². The fourth-order valence-electron chi connectivity index (χ4n) is 3.20. The third-order valence-electron chi connectivity index (χ3n) is 4.68. The number of aromatic nitrogens is 2. The topological polar surface area (TPSA) is 17.8 Å². The van der Waals surface area contributed by atoms with Crippen LogP contribution in [0.4, 0.5) is 0 Å². The molecule has 4 rings (SSSR count). The van der Waals surface area contributed by atoms with Crippen LogP contribution in [0.2, 0.25) is 5.02 Å². The van der Waals surface area contributed by atoms with Crippen LogP contribution in [-0.4, -0.2) is 49.0 Å². The van der Waals surface area contributed by atoms with E-state index in [-0.39, 0.29) is 27.3 Å². The number of para-hydroxylation sites is 1. The van der Waals surface area contributed by atoms with Crippen molar-refractivity contribution >= 4 is 105 Å². The number of benzene rings is 3. The fraction of sp³-hybridized carbons (Fsp3) is 0. The first kappa shape index (κ1) is 19.5. The Morgan fingerprint density at radius 2 is 1.39 bits per heavy atom. The van der Waals surface area contributed by atoms with Gasteiger partial charge in [0.1, 0.15) is 39.2 Å². The van der Waals surface area contributed by atoms with E-state index in [0.717, 1.165) is 15.4 Å². The molecule has 2 nitrogen and oxygen atoms in total. The van der Waals surface area contributed by atoms with Crippen molar-refractivity contribution in [3.8, 4) is 16.9 Å². The van der Waals surface area contributed by atoms with Gasteiger partial charge in [-0.2, -0.15) is 5.10 Å². The Morgan fingerprint density at radius 1 is 0.786 bits per heavy atom. The van der Waals surface area contributed by atoms with Crippen molar-refractivity contribution in [1.29, 1.82) is 0 Å². The van der Waals surface area contributed by atoms with Gasteiger partial charge in [-0.25, -0.2) is 4.68 Å². The van der Waals surface area contributed by atoms with Gasteiger partial charge in [0.25, 0.3) is 0 Å². The Labute approximate surface area is 183 Å². The third kappa shape index (κ3) is 2.89. The first-order valence-electron chi connectivity index (χ1n) is 8.26. The van der Waals surface area contributed by atoms with Crippen molar-refractivity contribution < 1.29 is 0 Å². The zero-order valence-electron chi connectivity index (χ0n) is 14.6. The van der Waals surface area contributed by atoms with Gasteiger partial charge in [-0.15, -0.1) is 16.4 Å². The van der Waals surface area contributed by atoms with E-state index < -0.39 is 0 Å². The Kier molecular flexibility index (Phi) is 5.05. The summed E-state index contributed by atoms with van der Waals surface area (Å²) in [7, 11) is 30.5. The maximum Gasteiger partial charge on any atom is 0.113 e. The molecule has 0 N–H and O–H groups in total. The molecule has 0 unspecified atom stereocenters. The van der Waals surface area contributed by atoms with E-state index in [1.54, 1.807) is 4.68 Å². The van der Waals surface area contributed by atoms with Crippen LogP contribution >= 0.6 is 27.5 Å². The number of fused-ring (bicyclic) bond motifs is 1. The second-order valence-corrected chi connectivity index (χ2v) is 7.53. The first-order valence-corrected chi connectivity index (χ1v) is 9.43. The molecule has 0 aliphatic carbocycles. The van der Waals surface area contributed by atoms with Crippen LogP contribution in [-0.2, 0) is 0 Å². The van der Waals surface area contributed by atoms with E-state index in [1.165, 1.54) is 0 Å². The number of nitrogens with zero attached hydrogens (tertiary/aromatic N) is 2. The Hall–Kier alpha value is -1.78. The van der Waals surface area contributed by atoms with Crippen LogP contribution in [0.3, 0.4) is 0 Å². The summed E-state index contributed by atoms with van der Waals surface area (Å²) >= 11 is 9.95. The summed E-state index contributed by atoms with van der Waals surface area (Å²) in [5, 5.41) is 6.11. The summed E-state index contributed by atoms with van der Waals surface area (Å²) in [5.74, 6) is 0. The van der Waals surface area contributed by atoms with Gasteiger partial charge in [-0.1, -0.05) is 46.8 Å². The van der Waals surface area contributed by atoms with Gasteiger partial charge >= 0.3 is 0 Å². The molecule has 0 saturated heterocycles. The molecular weight excluding hydrogens is 426 g/mol. The highest BCUT2D eigenvalue weighted by atomic mass is 79.9. The van der Waals surface area contributed by atoms with Crippen molar-refractivity contribution in [3.05, 3.63) is 52.0 Å². The van der Waals surface area contributed by atoms with E-state index >= 15 is 0 Å². The Balaban J connectivity index is 2.11. The van der Waals surface area contributed by atoms with Crippen LogP contribution < -0.4 is 27.3 Å². The van der Waals surface area contributed by atoms with E-state index in [2.05, 4.69) is 15.9 Å². The second kappa shape index (κ2) is 7.24. The lowest BCUT2D eigenvalue weighted by molar-refractivity contribution is 0.915. The van der Waals surface area contributed by atoms with Crippen molar-refractivity contribution in [1.82, 2.24) is 9.78 Å². The highest BCUT2D eigenvalue weighted by Crippen LogP contribution is 2.33. The minimum atomic E-state index is 0.164. The second-order valence-electron chi connectivity index (χ2n) is 6.29. The lowest BCUT2D eigenvalue weighted by atomic mass is 9.60. The van der Waals surface area contributed by atoms with E-state index in [9.17, 15) is 0 Å². The fourth-order valence-corrected chi connectivity index (χ4v) is 3.76. The largest absolute Gasteiger partial charge is 0.231 e. The molecule has 0 spiro atoms. The molecule has 10 radical (unpaired) electrons. The molecule has 3 aromatic carbocycles. The predicted octanol–water partition coefficient (Wildman–Crippen LogP) is 0.0774. The van der Waals surface area contributed by atoms with Crippen LogP contribution in [0.15, 0.2) is 46.9 Å². The smallest absolute Gasteiger partial charge is 0.113 e. The van der Waals surface area contributed by atoms with Gasteiger partial charge in [0.15, 0.2) is 0 Å². The zero-order chi connectivity index (χ0) is 20.2. The van der Waals surface area contributed by atoms with Crippen molar-refractivity contribution in [2.75, 3.05) is 0 Å². The molecule has 1 heterocycles. The Morgan fingerprint density at radius 3 is 2.07 bits per heavy atom. The molecule has 0 aliphatic heterocycles. The third-order valence-corrected chi connectivity index (χ3v) is 5.97. The van der Waals surface area contributed by atoms with Gasteiger partial charge in [0.05, 0.1) is 21.9 Å². The van der Waals surface area contributed by atoms with Crippen LogP contribution in [0.5, 0.6) is 0 Å². The molecule has 0 aliphatic rings. The Bertz CT molecular complexity index is 1230. The summed E-state index contributed by atoms with van der Waals surface area (Å²) in [6.07, 6.45) is 0. The van der Waals surface area contributed by atoms with Crippen molar-refractivity contribution in [2.45, 2.75) is 0 Å². The molecule has 1 aromatic heterocycles. The number of rotatable bonds is 2. The van der Waals surface area contributed by atoms with Gasteiger partial charge in [-0.05, 0) is 39.7 Å². The van der Waals surface area contributed by atoms with Gasteiger partial charge < -0.3 is 0 Å². The molecule has 0 bridgehead atoms. The number of halogens is 2. The highest BCUT2D eigenvalue weighted by molar-refractivity contribution is 9.10. The average Bonchev–Trinajstić information content (AvgIpc) is 3.06. The number of hydrogen-bond donors (Lipinski definition) is 0. The van der Waals surface area contributed by atoms with E-state index in [0.29, 0.717) is 22.0 Å². The van der Waals surface area contributed by atoms with Gasteiger partial charge in [0, 0.05) is 9.86 Å². The minimum absolute atomic E-state index is 0.164. The molecule has 0 amide bonds. The summed E-state index contributed by atoms with van der Waals surface area (Å²) < 4.78 is 2.49. The molecular formula is C19H7B5BrClN2. The predicted molar refractivity (Wildman–Crippen MR) is 126 cm³/mol.